The average Bonchev–Trinajstić information content (AvgIpc) is 2.45. The Bertz CT molecular complexity index is 164. The monoisotopic (exact) mass is 168 g/mol. The molecule has 2 saturated carbocycles. The summed E-state index contributed by atoms with van der Waals surface area (Å²) in [6.07, 6.45) is 8.15. The minimum Gasteiger partial charge on any atom is -0.396 e. The second kappa shape index (κ2) is 3.02. The van der Waals surface area contributed by atoms with Crippen molar-refractivity contribution in [3.8, 4) is 0 Å². The molecule has 0 aliphatic heterocycles. The van der Waals surface area contributed by atoms with Crippen LogP contribution >= 0.6 is 0 Å². The number of aliphatic hydroxyl groups excluding tert-OH is 1. The average molecular weight is 168 g/mol. The van der Waals surface area contributed by atoms with Crippen LogP contribution in [0.5, 0.6) is 0 Å². The van der Waals surface area contributed by atoms with Crippen LogP contribution in [0, 0.1) is 17.3 Å². The van der Waals surface area contributed by atoms with E-state index in [1.165, 1.54) is 38.5 Å². The number of hydrogen-bond acceptors (Lipinski definition) is 1. The molecule has 0 saturated heterocycles. The summed E-state index contributed by atoms with van der Waals surface area (Å²) in [5.74, 6) is 1.62. The summed E-state index contributed by atoms with van der Waals surface area (Å²) in [7, 11) is 0. The smallest absolute Gasteiger partial charge is 0.0492 e. The third-order valence-electron chi connectivity index (χ3n) is 4.48. The van der Waals surface area contributed by atoms with Crippen LogP contribution in [0.3, 0.4) is 0 Å². The highest BCUT2D eigenvalue weighted by Gasteiger charge is 2.48. The Morgan fingerprint density at radius 1 is 1.25 bits per heavy atom. The maximum Gasteiger partial charge on any atom is 0.0492 e. The van der Waals surface area contributed by atoms with E-state index in [0.29, 0.717) is 12.0 Å². The molecule has 0 spiro atoms. The van der Waals surface area contributed by atoms with E-state index < -0.39 is 0 Å². The van der Waals surface area contributed by atoms with Crippen LogP contribution in [0.1, 0.15) is 45.4 Å². The summed E-state index contributed by atoms with van der Waals surface area (Å²) in [5, 5.41) is 9.52. The second-order valence-corrected chi connectivity index (χ2v) is 4.81. The van der Waals surface area contributed by atoms with E-state index in [4.69, 9.17) is 0 Å². The Morgan fingerprint density at radius 2 is 2.08 bits per heavy atom. The molecule has 70 valence electrons. The molecule has 1 unspecified atom stereocenters. The molecule has 1 heteroatoms. The zero-order chi connectivity index (χ0) is 8.60. The van der Waals surface area contributed by atoms with Crippen molar-refractivity contribution in [1.82, 2.24) is 0 Å². The van der Waals surface area contributed by atoms with Crippen molar-refractivity contribution in [2.75, 3.05) is 6.61 Å². The van der Waals surface area contributed by atoms with Gasteiger partial charge in [-0.15, -0.1) is 0 Å². The fourth-order valence-electron chi connectivity index (χ4n) is 3.52. The van der Waals surface area contributed by atoms with E-state index in [1.54, 1.807) is 0 Å². The Hall–Kier alpha value is -0.0400. The Balaban J connectivity index is 2.19. The van der Waals surface area contributed by atoms with E-state index in [9.17, 15) is 5.11 Å². The van der Waals surface area contributed by atoms with E-state index >= 15 is 0 Å². The number of rotatable bonds is 1. The van der Waals surface area contributed by atoms with Gasteiger partial charge < -0.3 is 5.11 Å². The van der Waals surface area contributed by atoms with Crippen molar-refractivity contribution in [3.63, 3.8) is 0 Å². The molecule has 1 nitrogen and oxygen atoms in total. The molecule has 2 aliphatic carbocycles. The Labute approximate surface area is 75.2 Å². The molecule has 0 aromatic rings. The molecular formula is C11H20O. The first-order valence-corrected chi connectivity index (χ1v) is 5.40. The first kappa shape index (κ1) is 8.55. The number of aliphatic hydroxyl groups is 1. The molecular weight excluding hydrogens is 148 g/mol. The van der Waals surface area contributed by atoms with Crippen LogP contribution in [0.15, 0.2) is 0 Å². The normalized spacial score (nSPS) is 47.5. The maximum absolute atomic E-state index is 9.52. The van der Waals surface area contributed by atoms with Crippen LogP contribution in [0.2, 0.25) is 0 Å². The summed E-state index contributed by atoms with van der Waals surface area (Å²) in [4.78, 5) is 0. The molecule has 2 aliphatic rings. The lowest BCUT2D eigenvalue weighted by Gasteiger charge is -2.41. The van der Waals surface area contributed by atoms with E-state index in [1.807, 2.05) is 0 Å². The second-order valence-electron chi connectivity index (χ2n) is 4.81. The van der Waals surface area contributed by atoms with Gasteiger partial charge in [-0.05, 0) is 42.9 Å². The van der Waals surface area contributed by atoms with Crippen LogP contribution in [-0.4, -0.2) is 11.7 Å². The largest absolute Gasteiger partial charge is 0.396 e. The highest BCUT2D eigenvalue weighted by atomic mass is 16.3. The van der Waals surface area contributed by atoms with Crippen molar-refractivity contribution >= 4 is 0 Å². The molecule has 3 atom stereocenters. The minimum atomic E-state index is 0.345. The third kappa shape index (κ3) is 1.02. The molecule has 0 bridgehead atoms. The number of fused-ring (bicyclic) bond motifs is 1. The van der Waals surface area contributed by atoms with Gasteiger partial charge in [0.15, 0.2) is 0 Å². The van der Waals surface area contributed by atoms with Gasteiger partial charge in [-0.1, -0.05) is 19.8 Å². The molecule has 0 amide bonds. The van der Waals surface area contributed by atoms with Gasteiger partial charge in [0.2, 0.25) is 0 Å². The minimum absolute atomic E-state index is 0.345. The van der Waals surface area contributed by atoms with Crippen molar-refractivity contribution in [3.05, 3.63) is 0 Å². The highest BCUT2D eigenvalue weighted by molar-refractivity contribution is 4.97. The van der Waals surface area contributed by atoms with Crippen LogP contribution < -0.4 is 0 Å². The van der Waals surface area contributed by atoms with Gasteiger partial charge in [-0.3, -0.25) is 0 Å². The SMILES string of the molecule is C[C@@H]1CCC2CCCC[C@@]21CO. The van der Waals surface area contributed by atoms with Crippen LogP contribution in [0.25, 0.3) is 0 Å². The topological polar surface area (TPSA) is 20.2 Å². The van der Waals surface area contributed by atoms with E-state index in [-0.39, 0.29) is 0 Å². The predicted octanol–water partition coefficient (Wildman–Crippen LogP) is 2.59. The van der Waals surface area contributed by atoms with Gasteiger partial charge >= 0.3 is 0 Å². The maximum atomic E-state index is 9.52. The Morgan fingerprint density at radius 3 is 2.75 bits per heavy atom. The van der Waals surface area contributed by atoms with Gasteiger partial charge in [-0.2, -0.15) is 0 Å². The zero-order valence-corrected chi connectivity index (χ0v) is 8.05. The molecule has 0 aromatic heterocycles. The summed E-state index contributed by atoms with van der Waals surface area (Å²) < 4.78 is 0. The lowest BCUT2D eigenvalue weighted by Crippen LogP contribution is -2.37. The van der Waals surface area contributed by atoms with Gasteiger partial charge in [0, 0.05) is 6.61 Å². The van der Waals surface area contributed by atoms with Crippen LogP contribution in [0.4, 0.5) is 0 Å². The molecule has 0 aromatic carbocycles. The number of hydrogen-bond donors (Lipinski definition) is 1. The van der Waals surface area contributed by atoms with E-state index in [0.717, 1.165) is 11.8 Å². The van der Waals surface area contributed by atoms with Gasteiger partial charge in [-0.25, -0.2) is 0 Å². The van der Waals surface area contributed by atoms with Crippen molar-refractivity contribution in [2.24, 2.45) is 17.3 Å². The Kier molecular flexibility index (Phi) is 2.16. The van der Waals surface area contributed by atoms with Gasteiger partial charge in [0.25, 0.3) is 0 Å². The molecule has 12 heavy (non-hydrogen) atoms. The molecule has 2 fully saturated rings. The fourth-order valence-corrected chi connectivity index (χ4v) is 3.52. The quantitative estimate of drug-likeness (QED) is 0.638. The summed E-state index contributed by atoms with van der Waals surface area (Å²) >= 11 is 0. The lowest BCUT2D eigenvalue weighted by atomic mass is 9.65. The summed E-state index contributed by atoms with van der Waals surface area (Å²) in [6.45, 7) is 2.78. The van der Waals surface area contributed by atoms with Crippen LogP contribution in [-0.2, 0) is 0 Å². The highest BCUT2D eigenvalue weighted by Crippen LogP contribution is 2.55. The molecule has 0 heterocycles. The fraction of sp³-hybridized carbons (Fsp3) is 1.00. The first-order chi connectivity index (χ1) is 5.79. The molecule has 0 radical (unpaired) electrons. The van der Waals surface area contributed by atoms with Gasteiger partial charge in [0.1, 0.15) is 0 Å². The lowest BCUT2D eigenvalue weighted by molar-refractivity contribution is 0.0150. The molecule has 2 rings (SSSR count). The van der Waals surface area contributed by atoms with Gasteiger partial charge in [0.05, 0.1) is 0 Å². The summed E-state index contributed by atoms with van der Waals surface area (Å²) in [6, 6.07) is 0. The standard InChI is InChI=1S/C11H20O/c1-9-5-6-10-4-2-3-7-11(9,10)8-12/h9-10,12H,2-8H2,1H3/t9-,10?,11+/m1/s1. The predicted molar refractivity (Wildman–Crippen MR) is 49.9 cm³/mol. The zero-order valence-electron chi connectivity index (χ0n) is 8.05. The van der Waals surface area contributed by atoms with E-state index in [2.05, 4.69) is 6.92 Å². The molecule has 1 N–H and O–H groups in total. The summed E-state index contributed by atoms with van der Waals surface area (Å²) in [5.41, 5.74) is 0.345. The van der Waals surface area contributed by atoms with Crippen molar-refractivity contribution in [2.45, 2.75) is 45.4 Å². The van der Waals surface area contributed by atoms with Crippen molar-refractivity contribution in [1.29, 1.82) is 0 Å². The van der Waals surface area contributed by atoms with Crippen molar-refractivity contribution < 1.29 is 5.11 Å². The first-order valence-electron chi connectivity index (χ1n) is 5.40. The third-order valence-corrected chi connectivity index (χ3v) is 4.48.